The average molecular weight is 468 g/mol. The van der Waals surface area contributed by atoms with E-state index in [9.17, 15) is 22.8 Å². The molecule has 0 radical (unpaired) electrons. The van der Waals surface area contributed by atoms with Crippen molar-refractivity contribution in [2.24, 2.45) is 5.92 Å². The molecular formula is C26H23F3N2O3. The lowest BCUT2D eigenvalue weighted by Gasteiger charge is -2.24. The maximum atomic E-state index is 12.8. The number of nitrogens with one attached hydrogen (secondary N) is 2. The van der Waals surface area contributed by atoms with Crippen LogP contribution in [0.1, 0.15) is 29.5 Å². The number of hydrogen-bond donors (Lipinski definition) is 3. The molecule has 0 saturated heterocycles. The largest absolute Gasteiger partial charge is 0.481 e. The number of anilines is 2. The molecule has 0 saturated carbocycles. The molecule has 0 heterocycles. The minimum absolute atomic E-state index is 0.0450. The lowest BCUT2D eigenvalue weighted by Crippen LogP contribution is -2.19. The van der Waals surface area contributed by atoms with Crippen molar-refractivity contribution in [3.05, 3.63) is 83.4 Å². The molecule has 1 unspecified atom stereocenters. The van der Waals surface area contributed by atoms with E-state index in [4.69, 9.17) is 5.11 Å². The van der Waals surface area contributed by atoms with Crippen molar-refractivity contribution in [1.29, 1.82) is 0 Å². The van der Waals surface area contributed by atoms with Crippen LogP contribution in [0.25, 0.3) is 11.1 Å². The highest BCUT2D eigenvalue weighted by molar-refractivity contribution is 5.99. The number of urea groups is 1. The van der Waals surface area contributed by atoms with Gasteiger partial charge in [-0.2, -0.15) is 13.2 Å². The van der Waals surface area contributed by atoms with Crippen LogP contribution in [-0.4, -0.2) is 17.1 Å². The zero-order valence-corrected chi connectivity index (χ0v) is 18.2. The lowest BCUT2D eigenvalue weighted by molar-refractivity contribution is -0.138. The molecule has 0 fully saturated rings. The number of carbonyl (C=O) groups excluding carboxylic acids is 1. The Labute approximate surface area is 194 Å². The molecule has 4 rings (SSSR count). The fourth-order valence-corrected chi connectivity index (χ4v) is 4.24. The van der Waals surface area contributed by atoms with Crippen LogP contribution in [0.15, 0.2) is 66.7 Å². The van der Waals surface area contributed by atoms with Crippen molar-refractivity contribution in [1.82, 2.24) is 0 Å². The zero-order chi connectivity index (χ0) is 24.3. The summed E-state index contributed by atoms with van der Waals surface area (Å²) in [5, 5.41) is 14.1. The van der Waals surface area contributed by atoms with Gasteiger partial charge in [0.2, 0.25) is 0 Å². The summed E-state index contributed by atoms with van der Waals surface area (Å²) >= 11 is 0. The molecule has 8 heteroatoms. The van der Waals surface area contributed by atoms with E-state index in [-0.39, 0.29) is 18.0 Å². The molecule has 0 aliphatic heterocycles. The number of carboxylic acid groups (broad SMARTS) is 1. The molecule has 176 valence electrons. The van der Waals surface area contributed by atoms with Gasteiger partial charge < -0.3 is 15.7 Å². The Hall–Kier alpha value is -3.81. The number of rotatable bonds is 5. The number of carboxylic acids is 1. The smallest absolute Gasteiger partial charge is 0.416 e. The molecule has 1 aliphatic rings. The first kappa shape index (κ1) is 23.4. The Balaban J connectivity index is 1.39. The van der Waals surface area contributed by atoms with Gasteiger partial charge in [0.05, 0.1) is 5.56 Å². The summed E-state index contributed by atoms with van der Waals surface area (Å²) in [4.78, 5) is 23.2. The molecule has 0 bridgehead atoms. The molecule has 34 heavy (non-hydrogen) atoms. The van der Waals surface area contributed by atoms with Gasteiger partial charge in [-0.15, -0.1) is 0 Å². The van der Waals surface area contributed by atoms with Gasteiger partial charge in [-0.05, 0) is 77.8 Å². The summed E-state index contributed by atoms with van der Waals surface area (Å²) in [7, 11) is 0. The van der Waals surface area contributed by atoms with Crippen molar-refractivity contribution >= 4 is 23.4 Å². The Morgan fingerprint density at radius 2 is 1.59 bits per heavy atom. The van der Waals surface area contributed by atoms with Gasteiger partial charge in [-0.25, -0.2) is 4.79 Å². The second-order valence-corrected chi connectivity index (χ2v) is 8.43. The standard InChI is InChI=1S/C26H23F3N2O3/c27-26(28,29)21-2-1-3-23(15-21)31-25(34)30-22-10-8-17(9-11-22)19-7-6-18-12-16(13-24(32)33)4-5-20(18)14-19/h1-3,6-11,14-16H,4-5,12-13H2,(H,32,33)(H2,30,31,34). The molecule has 3 aromatic rings. The number of alkyl halides is 3. The van der Waals surface area contributed by atoms with Crippen LogP contribution in [-0.2, 0) is 23.8 Å². The first-order chi connectivity index (χ1) is 16.2. The third-order valence-corrected chi connectivity index (χ3v) is 5.92. The summed E-state index contributed by atoms with van der Waals surface area (Å²) in [6, 6.07) is 17.1. The van der Waals surface area contributed by atoms with Crippen LogP contribution >= 0.6 is 0 Å². The minimum Gasteiger partial charge on any atom is -0.481 e. The van der Waals surface area contributed by atoms with Crippen molar-refractivity contribution in [3.8, 4) is 11.1 Å². The van der Waals surface area contributed by atoms with Crippen LogP contribution in [0.2, 0.25) is 0 Å². The van der Waals surface area contributed by atoms with Gasteiger partial charge in [0, 0.05) is 17.8 Å². The Bertz CT molecular complexity index is 1210. The molecule has 0 aromatic heterocycles. The monoisotopic (exact) mass is 468 g/mol. The van der Waals surface area contributed by atoms with Crippen LogP contribution in [0.3, 0.4) is 0 Å². The molecule has 5 nitrogen and oxygen atoms in total. The molecular weight excluding hydrogens is 445 g/mol. The van der Waals surface area contributed by atoms with Gasteiger partial charge in [-0.1, -0.05) is 36.4 Å². The van der Waals surface area contributed by atoms with Gasteiger partial charge in [0.25, 0.3) is 0 Å². The van der Waals surface area contributed by atoms with Crippen LogP contribution in [0, 0.1) is 5.92 Å². The molecule has 1 aliphatic carbocycles. The Kier molecular flexibility index (Phi) is 6.58. The number of aryl methyl sites for hydroxylation is 1. The van der Waals surface area contributed by atoms with Gasteiger partial charge in [0.1, 0.15) is 0 Å². The molecule has 2 amide bonds. The van der Waals surface area contributed by atoms with Crippen LogP contribution in [0.5, 0.6) is 0 Å². The first-order valence-electron chi connectivity index (χ1n) is 10.9. The van der Waals surface area contributed by atoms with Crippen molar-refractivity contribution in [3.63, 3.8) is 0 Å². The van der Waals surface area contributed by atoms with Crippen molar-refractivity contribution in [2.45, 2.75) is 31.9 Å². The quantitative estimate of drug-likeness (QED) is 0.395. The molecule has 3 N–H and O–H groups in total. The molecule has 1 atom stereocenters. The second-order valence-electron chi connectivity index (χ2n) is 8.43. The number of amides is 2. The predicted octanol–water partition coefficient (Wildman–Crippen LogP) is 6.60. The average Bonchev–Trinajstić information content (AvgIpc) is 2.78. The van der Waals surface area contributed by atoms with Gasteiger partial charge >= 0.3 is 18.2 Å². The number of benzene rings is 3. The van der Waals surface area contributed by atoms with Crippen LogP contribution in [0.4, 0.5) is 29.3 Å². The van der Waals surface area contributed by atoms with E-state index in [0.29, 0.717) is 5.69 Å². The normalized spacial score (nSPS) is 15.3. The Morgan fingerprint density at radius 3 is 2.29 bits per heavy atom. The third kappa shape index (κ3) is 5.75. The number of carbonyl (C=O) groups is 2. The van der Waals surface area contributed by atoms with E-state index >= 15 is 0 Å². The van der Waals surface area contributed by atoms with E-state index < -0.39 is 23.7 Å². The lowest BCUT2D eigenvalue weighted by atomic mass is 9.81. The van der Waals surface area contributed by atoms with E-state index in [1.807, 2.05) is 24.3 Å². The summed E-state index contributed by atoms with van der Waals surface area (Å²) in [6.07, 6.45) is -1.83. The number of aliphatic carboxylic acids is 1. The van der Waals surface area contributed by atoms with Gasteiger partial charge in [0.15, 0.2) is 0 Å². The summed E-state index contributed by atoms with van der Waals surface area (Å²) in [5.41, 5.74) is 4.10. The van der Waals surface area contributed by atoms with E-state index in [1.165, 1.54) is 23.3 Å². The van der Waals surface area contributed by atoms with E-state index in [2.05, 4.69) is 16.7 Å². The number of hydrogen-bond acceptors (Lipinski definition) is 2. The second kappa shape index (κ2) is 9.59. The summed E-state index contributed by atoms with van der Waals surface area (Å²) in [5.74, 6) is -0.592. The maximum Gasteiger partial charge on any atom is 0.416 e. The first-order valence-corrected chi connectivity index (χ1v) is 10.9. The van der Waals surface area contributed by atoms with Crippen molar-refractivity contribution < 1.29 is 27.9 Å². The van der Waals surface area contributed by atoms with Gasteiger partial charge in [-0.3, -0.25) is 4.79 Å². The predicted molar refractivity (Wildman–Crippen MR) is 124 cm³/mol. The van der Waals surface area contributed by atoms with E-state index in [1.54, 1.807) is 12.1 Å². The maximum absolute atomic E-state index is 12.8. The highest BCUT2D eigenvalue weighted by Gasteiger charge is 2.30. The fraction of sp³-hybridized carbons (Fsp3) is 0.231. The highest BCUT2D eigenvalue weighted by atomic mass is 19.4. The minimum atomic E-state index is -4.49. The fourth-order valence-electron chi connectivity index (χ4n) is 4.24. The summed E-state index contributed by atoms with van der Waals surface area (Å²) < 4.78 is 38.5. The molecule has 3 aromatic carbocycles. The highest BCUT2D eigenvalue weighted by Crippen LogP contribution is 2.32. The number of halogens is 3. The SMILES string of the molecule is O=C(O)CC1CCc2cc(-c3ccc(NC(=O)Nc4cccc(C(F)(F)F)c4)cc3)ccc2C1. The summed E-state index contributed by atoms with van der Waals surface area (Å²) in [6.45, 7) is 0. The number of fused-ring (bicyclic) bond motifs is 1. The van der Waals surface area contributed by atoms with Crippen LogP contribution < -0.4 is 10.6 Å². The molecule has 0 spiro atoms. The van der Waals surface area contributed by atoms with Crippen molar-refractivity contribution in [2.75, 3.05) is 10.6 Å². The Morgan fingerprint density at radius 1 is 0.882 bits per heavy atom. The van der Waals surface area contributed by atoms with E-state index in [0.717, 1.165) is 42.5 Å². The zero-order valence-electron chi connectivity index (χ0n) is 18.2. The third-order valence-electron chi connectivity index (χ3n) is 5.92. The topological polar surface area (TPSA) is 78.4 Å².